The Morgan fingerprint density at radius 2 is 2.00 bits per heavy atom. The lowest BCUT2D eigenvalue weighted by molar-refractivity contribution is -0.384. The van der Waals surface area contributed by atoms with Crippen molar-refractivity contribution in [1.82, 2.24) is 9.97 Å². The Balaban J connectivity index is 2.64. The molecular formula is C11H10N4O2. The Bertz CT molecular complexity index is 563. The van der Waals surface area contributed by atoms with Crippen LogP contribution in [0.5, 0.6) is 0 Å². The van der Waals surface area contributed by atoms with E-state index in [1.165, 1.54) is 12.1 Å². The molecule has 0 saturated heterocycles. The summed E-state index contributed by atoms with van der Waals surface area (Å²) in [6, 6.07) is 7.92. The number of rotatable bonds is 2. The van der Waals surface area contributed by atoms with E-state index in [1.54, 1.807) is 25.1 Å². The summed E-state index contributed by atoms with van der Waals surface area (Å²) in [6.07, 6.45) is 0. The summed E-state index contributed by atoms with van der Waals surface area (Å²) in [6.45, 7) is 1.69. The van der Waals surface area contributed by atoms with Crippen LogP contribution in [0.2, 0.25) is 0 Å². The fraction of sp³-hybridized carbons (Fsp3) is 0.0909. The highest BCUT2D eigenvalue weighted by atomic mass is 16.6. The molecule has 0 saturated carbocycles. The molecule has 86 valence electrons. The molecule has 0 amide bonds. The van der Waals surface area contributed by atoms with Crippen molar-refractivity contribution in [3.05, 3.63) is 46.3 Å². The zero-order valence-electron chi connectivity index (χ0n) is 9.12. The SMILES string of the molecule is Cc1nc(N)cc(-c2ccccc2[N+](=O)[O-])n1. The van der Waals surface area contributed by atoms with Gasteiger partial charge in [-0.15, -0.1) is 0 Å². The van der Waals surface area contributed by atoms with Gasteiger partial charge in [-0.2, -0.15) is 0 Å². The number of hydrogen-bond acceptors (Lipinski definition) is 5. The first kappa shape index (κ1) is 11.0. The summed E-state index contributed by atoms with van der Waals surface area (Å²) in [5.41, 5.74) is 6.51. The Hall–Kier alpha value is -2.50. The minimum Gasteiger partial charge on any atom is -0.384 e. The number of benzene rings is 1. The van der Waals surface area contributed by atoms with Gasteiger partial charge in [-0.05, 0) is 13.0 Å². The predicted octanol–water partition coefficient (Wildman–Crippen LogP) is 1.94. The van der Waals surface area contributed by atoms with Crippen LogP contribution in [0.1, 0.15) is 5.82 Å². The second-order valence-corrected chi connectivity index (χ2v) is 3.50. The molecule has 0 aliphatic carbocycles. The van der Waals surface area contributed by atoms with Crippen LogP contribution in [0.25, 0.3) is 11.3 Å². The van der Waals surface area contributed by atoms with Crippen LogP contribution in [0, 0.1) is 17.0 Å². The zero-order valence-corrected chi connectivity index (χ0v) is 9.12. The molecule has 1 aromatic heterocycles. The van der Waals surface area contributed by atoms with Gasteiger partial charge in [0.2, 0.25) is 0 Å². The first-order chi connectivity index (χ1) is 8.08. The first-order valence-electron chi connectivity index (χ1n) is 4.93. The predicted molar refractivity (Wildman–Crippen MR) is 63.3 cm³/mol. The number of aryl methyl sites for hydroxylation is 1. The molecule has 0 atom stereocenters. The molecule has 0 radical (unpaired) electrons. The van der Waals surface area contributed by atoms with Crippen molar-refractivity contribution in [3.8, 4) is 11.3 Å². The molecule has 0 spiro atoms. The van der Waals surface area contributed by atoms with Crippen molar-refractivity contribution in [1.29, 1.82) is 0 Å². The second-order valence-electron chi connectivity index (χ2n) is 3.50. The quantitative estimate of drug-likeness (QED) is 0.628. The monoisotopic (exact) mass is 230 g/mol. The van der Waals surface area contributed by atoms with Gasteiger partial charge < -0.3 is 5.73 Å². The van der Waals surface area contributed by atoms with Gasteiger partial charge in [-0.3, -0.25) is 10.1 Å². The van der Waals surface area contributed by atoms with Gasteiger partial charge in [0, 0.05) is 12.1 Å². The summed E-state index contributed by atoms with van der Waals surface area (Å²) >= 11 is 0. The first-order valence-corrected chi connectivity index (χ1v) is 4.93. The summed E-state index contributed by atoms with van der Waals surface area (Å²) < 4.78 is 0. The highest BCUT2D eigenvalue weighted by Gasteiger charge is 2.15. The number of nitro benzene ring substituents is 1. The number of nitrogen functional groups attached to an aromatic ring is 1. The van der Waals surface area contributed by atoms with E-state index >= 15 is 0 Å². The lowest BCUT2D eigenvalue weighted by Crippen LogP contribution is -1.99. The molecule has 6 nitrogen and oxygen atoms in total. The van der Waals surface area contributed by atoms with Crippen molar-refractivity contribution in [2.45, 2.75) is 6.92 Å². The zero-order chi connectivity index (χ0) is 12.4. The summed E-state index contributed by atoms with van der Waals surface area (Å²) in [5, 5.41) is 10.9. The van der Waals surface area contributed by atoms with Gasteiger partial charge in [0.15, 0.2) is 0 Å². The largest absolute Gasteiger partial charge is 0.384 e. The maximum atomic E-state index is 10.9. The number of hydrogen-bond donors (Lipinski definition) is 1. The van der Waals surface area contributed by atoms with E-state index in [1.807, 2.05) is 0 Å². The van der Waals surface area contributed by atoms with Crippen LogP contribution >= 0.6 is 0 Å². The van der Waals surface area contributed by atoms with Crippen molar-refractivity contribution < 1.29 is 4.92 Å². The average Bonchev–Trinajstić information content (AvgIpc) is 2.27. The van der Waals surface area contributed by atoms with Gasteiger partial charge in [0.05, 0.1) is 16.2 Å². The molecule has 0 aliphatic rings. The van der Waals surface area contributed by atoms with Gasteiger partial charge >= 0.3 is 0 Å². The number of nitro groups is 1. The molecule has 1 aromatic carbocycles. The molecule has 0 fully saturated rings. The normalized spacial score (nSPS) is 10.2. The molecule has 2 aromatic rings. The van der Waals surface area contributed by atoms with Crippen LogP contribution < -0.4 is 5.73 Å². The van der Waals surface area contributed by atoms with Crippen molar-refractivity contribution in [3.63, 3.8) is 0 Å². The van der Waals surface area contributed by atoms with E-state index in [0.717, 1.165) is 0 Å². The minimum atomic E-state index is -0.442. The molecular weight excluding hydrogens is 220 g/mol. The van der Waals surface area contributed by atoms with E-state index in [-0.39, 0.29) is 5.69 Å². The molecule has 2 rings (SSSR count). The molecule has 0 bridgehead atoms. The number of nitrogens with two attached hydrogens (primary N) is 1. The summed E-state index contributed by atoms with van der Waals surface area (Å²) in [5.74, 6) is 0.781. The lowest BCUT2D eigenvalue weighted by atomic mass is 10.1. The van der Waals surface area contributed by atoms with Gasteiger partial charge in [0.25, 0.3) is 5.69 Å². The van der Waals surface area contributed by atoms with Crippen molar-refractivity contribution in [2.24, 2.45) is 0 Å². The molecule has 0 aliphatic heterocycles. The Morgan fingerprint density at radius 1 is 1.29 bits per heavy atom. The standard InChI is InChI=1S/C11H10N4O2/c1-7-13-9(6-11(12)14-7)8-4-2-3-5-10(8)15(16)17/h2-6H,1H3,(H2,12,13,14). The van der Waals surface area contributed by atoms with E-state index in [0.29, 0.717) is 22.9 Å². The fourth-order valence-corrected chi connectivity index (χ4v) is 1.58. The Morgan fingerprint density at radius 3 is 2.65 bits per heavy atom. The number of para-hydroxylation sites is 1. The van der Waals surface area contributed by atoms with Crippen LogP contribution in [0.4, 0.5) is 11.5 Å². The van der Waals surface area contributed by atoms with Crippen molar-refractivity contribution >= 4 is 11.5 Å². The molecule has 6 heteroatoms. The smallest absolute Gasteiger partial charge is 0.278 e. The fourth-order valence-electron chi connectivity index (χ4n) is 1.58. The number of anilines is 1. The second kappa shape index (κ2) is 4.17. The molecule has 1 heterocycles. The number of nitrogens with zero attached hydrogens (tertiary/aromatic N) is 3. The highest BCUT2D eigenvalue weighted by molar-refractivity contribution is 5.71. The summed E-state index contributed by atoms with van der Waals surface area (Å²) in [7, 11) is 0. The molecule has 17 heavy (non-hydrogen) atoms. The van der Waals surface area contributed by atoms with E-state index in [9.17, 15) is 10.1 Å². The minimum absolute atomic E-state index is 0.00463. The van der Waals surface area contributed by atoms with E-state index in [4.69, 9.17) is 5.73 Å². The third-order valence-corrected chi connectivity index (χ3v) is 2.23. The third kappa shape index (κ3) is 2.20. The summed E-state index contributed by atoms with van der Waals surface area (Å²) in [4.78, 5) is 18.5. The van der Waals surface area contributed by atoms with Crippen LogP contribution in [0.3, 0.4) is 0 Å². The topological polar surface area (TPSA) is 94.9 Å². The average molecular weight is 230 g/mol. The van der Waals surface area contributed by atoms with Crippen LogP contribution in [-0.4, -0.2) is 14.9 Å². The molecule has 0 unspecified atom stereocenters. The van der Waals surface area contributed by atoms with E-state index < -0.39 is 4.92 Å². The van der Waals surface area contributed by atoms with Gasteiger partial charge in [0.1, 0.15) is 11.6 Å². The highest BCUT2D eigenvalue weighted by Crippen LogP contribution is 2.28. The molecule has 2 N–H and O–H groups in total. The van der Waals surface area contributed by atoms with E-state index in [2.05, 4.69) is 9.97 Å². The lowest BCUT2D eigenvalue weighted by Gasteiger charge is -2.04. The maximum Gasteiger partial charge on any atom is 0.278 e. The Labute approximate surface area is 97.3 Å². The third-order valence-electron chi connectivity index (χ3n) is 2.23. The Kier molecular flexibility index (Phi) is 2.70. The van der Waals surface area contributed by atoms with Gasteiger partial charge in [-0.25, -0.2) is 9.97 Å². The van der Waals surface area contributed by atoms with Crippen molar-refractivity contribution in [2.75, 3.05) is 5.73 Å². The maximum absolute atomic E-state index is 10.9. The van der Waals surface area contributed by atoms with Crippen LogP contribution in [0.15, 0.2) is 30.3 Å². The van der Waals surface area contributed by atoms with Gasteiger partial charge in [-0.1, -0.05) is 12.1 Å². The number of aromatic nitrogens is 2. The van der Waals surface area contributed by atoms with Crippen LogP contribution in [-0.2, 0) is 0 Å².